The Kier molecular flexibility index (Phi) is 8.30. The van der Waals surface area contributed by atoms with Gasteiger partial charge in [0.15, 0.2) is 0 Å². The van der Waals surface area contributed by atoms with Crippen molar-refractivity contribution in [1.29, 1.82) is 0 Å². The predicted octanol–water partition coefficient (Wildman–Crippen LogP) is -0.371. The molecule has 3 amide bonds. The molecule has 8 nitrogen and oxygen atoms in total. The molecule has 0 saturated carbocycles. The molecule has 116 valence electrons. The zero-order valence-electron chi connectivity index (χ0n) is 12.1. The van der Waals surface area contributed by atoms with Crippen molar-refractivity contribution in [3.8, 4) is 0 Å². The molecule has 0 aliphatic carbocycles. The van der Waals surface area contributed by atoms with Gasteiger partial charge in [0.05, 0.1) is 13.2 Å². The third kappa shape index (κ3) is 7.57. The van der Waals surface area contributed by atoms with Crippen molar-refractivity contribution in [1.82, 2.24) is 10.2 Å². The van der Waals surface area contributed by atoms with Gasteiger partial charge in [-0.2, -0.15) is 0 Å². The van der Waals surface area contributed by atoms with Crippen LogP contribution in [-0.2, 0) is 14.3 Å². The molecule has 0 bridgehead atoms. The highest BCUT2D eigenvalue weighted by molar-refractivity contribution is 5.82. The number of ether oxygens (including phenoxy) is 1. The number of carbonyl (C=O) groups excluding carboxylic acids is 2. The van der Waals surface area contributed by atoms with Crippen molar-refractivity contribution < 1.29 is 24.2 Å². The van der Waals surface area contributed by atoms with E-state index >= 15 is 0 Å². The van der Waals surface area contributed by atoms with Crippen LogP contribution in [0.25, 0.3) is 0 Å². The number of carbonyl (C=O) groups is 3. The van der Waals surface area contributed by atoms with Gasteiger partial charge >= 0.3 is 12.0 Å². The Morgan fingerprint density at radius 3 is 1.95 bits per heavy atom. The molecule has 1 heterocycles. The number of amides is 3. The van der Waals surface area contributed by atoms with E-state index in [1.807, 2.05) is 0 Å². The maximum Gasteiger partial charge on any atom is 0.326 e. The molecular formula is C12H23N3O5. The van der Waals surface area contributed by atoms with E-state index in [1.165, 1.54) is 6.92 Å². The van der Waals surface area contributed by atoms with Crippen molar-refractivity contribution in [3.05, 3.63) is 0 Å². The minimum atomic E-state index is -0.991. The summed E-state index contributed by atoms with van der Waals surface area (Å²) in [6.07, 6.45) is 0. The minimum absolute atomic E-state index is 0.0867. The number of primary amides is 1. The Balaban J connectivity index is 0.000000367. The molecule has 1 unspecified atom stereocenters. The molecule has 1 aliphatic heterocycles. The molecule has 0 aromatic carbocycles. The summed E-state index contributed by atoms with van der Waals surface area (Å²) in [7, 11) is 0. The first-order chi connectivity index (χ1) is 9.25. The first-order valence-electron chi connectivity index (χ1n) is 6.37. The van der Waals surface area contributed by atoms with Crippen molar-refractivity contribution in [2.24, 2.45) is 11.7 Å². The molecule has 0 radical (unpaired) electrons. The van der Waals surface area contributed by atoms with E-state index in [1.54, 1.807) is 18.7 Å². The Labute approximate surface area is 118 Å². The maximum absolute atomic E-state index is 10.5. The number of hydrogen-bond acceptors (Lipinski definition) is 4. The second kappa shape index (κ2) is 9.13. The highest BCUT2D eigenvalue weighted by Gasteiger charge is 2.21. The Morgan fingerprint density at radius 1 is 1.25 bits per heavy atom. The summed E-state index contributed by atoms with van der Waals surface area (Å²) in [5.74, 6) is -1.39. The summed E-state index contributed by atoms with van der Waals surface area (Å²) < 4.78 is 5.00. The lowest BCUT2D eigenvalue weighted by Gasteiger charge is -2.24. The second-order valence-corrected chi connectivity index (χ2v) is 4.70. The molecule has 8 heteroatoms. The number of nitrogens with zero attached hydrogens (tertiary/aromatic N) is 1. The van der Waals surface area contributed by atoms with Crippen molar-refractivity contribution in [2.75, 3.05) is 26.3 Å². The Bertz CT molecular complexity index is 340. The molecule has 0 aromatic rings. The third-order valence-electron chi connectivity index (χ3n) is 2.61. The summed E-state index contributed by atoms with van der Waals surface area (Å²) in [6.45, 7) is 7.29. The van der Waals surface area contributed by atoms with Gasteiger partial charge in [0.25, 0.3) is 0 Å². The van der Waals surface area contributed by atoms with Gasteiger partial charge in [-0.15, -0.1) is 0 Å². The molecule has 4 N–H and O–H groups in total. The number of urea groups is 1. The van der Waals surface area contributed by atoms with Gasteiger partial charge < -0.3 is 25.8 Å². The first kappa shape index (κ1) is 18.2. The van der Waals surface area contributed by atoms with Crippen LogP contribution in [0.4, 0.5) is 4.79 Å². The number of nitrogens with one attached hydrogen (secondary N) is 1. The third-order valence-corrected chi connectivity index (χ3v) is 2.61. The fourth-order valence-corrected chi connectivity index (χ4v) is 1.52. The topological polar surface area (TPSA) is 122 Å². The van der Waals surface area contributed by atoms with E-state index in [9.17, 15) is 14.4 Å². The molecular weight excluding hydrogens is 266 g/mol. The van der Waals surface area contributed by atoms with Gasteiger partial charge in [0.1, 0.15) is 6.04 Å². The van der Waals surface area contributed by atoms with Crippen LogP contribution in [0.2, 0.25) is 0 Å². The predicted molar refractivity (Wildman–Crippen MR) is 72.1 cm³/mol. The highest BCUT2D eigenvalue weighted by atomic mass is 16.5. The van der Waals surface area contributed by atoms with Crippen molar-refractivity contribution in [2.45, 2.75) is 26.8 Å². The normalized spacial score (nSPS) is 15.9. The van der Waals surface area contributed by atoms with E-state index in [0.29, 0.717) is 26.3 Å². The molecule has 0 aromatic heterocycles. The van der Waals surface area contributed by atoms with Crippen LogP contribution in [-0.4, -0.2) is 60.3 Å². The number of morpholine rings is 1. The van der Waals surface area contributed by atoms with Gasteiger partial charge in [-0.05, 0) is 5.92 Å². The average Bonchev–Trinajstić information content (AvgIpc) is 2.37. The molecule has 1 aliphatic rings. The SMILES string of the molecule is CC(=O)NC(C(=O)O)C(C)C.NC(=O)N1CCOCC1. The van der Waals surface area contributed by atoms with Gasteiger partial charge in [0, 0.05) is 20.0 Å². The zero-order valence-corrected chi connectivity index (χ0v) is 12.1. The minimum Gasteiger partial charge on any atom is -0.480 e. The van der Waals surface area contributed by atoms with Gasteiger partial charge in [-0.25, -0.2) is 9.59 Å². The summed E-state index contributed by atoms with van der Waals surface area (Å²) >= 11 is 0. The van der Waals surface area contributed by atoms with E-state index in [0.717, 1.165) is 0 Å². The molecule has 1 saturated heterocycles. The summed E-state index contributed by atoms with van der Waals surface area (Å²) in [5, 5.41) is 10.9. The van der Waals surface area contributed by atoms with Crippen LogP contribution >= 0.6 is 0 Å². The number of carboxylic acid groups (broad SMARTS) is 1. The average molecular weight is 289 g/mol. The fourth-order valence-electron chi connectivity index (χ4n) is 1.52. The quantitative estimate of drug-likeness (QED) is 0.654. The number of aliphatic carboxylic acids is 1. The Hall–Kier alpha value is -1.83. The fraction of sp³-hybridized carbons (Fsp3) is 0.750. The van der Waals surface area contributed by atoms with Crippen LogP contribution in [0.3, 0.4) is 0 Å². The van der Waals surface area contributed by atoms with Crippen molar-refractivity contribution >= 4 is 17.9 Å². The zero-order chi connectivity index (χ0) is 15.7. The highest BCUT2D eigenvalue weighted by Crippen LogP contribution is 2.00. The maximum atomic E-state index is 10.5. The monoisotopic (exact) mass is 289 g/mol. The lowest BCUT2D eigenvalue weighted by molar-refractivity contribution is -0.142. The largest absolute Gasteiger partial charge is 0.480 e. The lowest BCUT2D eigenvalue weighted by Crippen LogP contribution is -2.43. The van der Waals surface area contributed by atoms with Crippen molar-refractivity contribution in [3.63, 3.8) is 0 Å². The first-order valence-corrected chi connectivity index (χ1v) is 6.37. The van der Waals surface area contributed by atoms with Crippen LogP contribution < -0.4 is 11.1 Å². The van der Waals surface area contributed by atoms with E-state index in [4.69, 9.17) is 15.6 Å². The number of carboxylic acids is 1. The molecule has 1 fully saturated rings. The summed E-state index contributed by atoms with van der Waals surface area (Å²) in [4.78, 5) is 33.0. The molecule has 0 spiro atoms. The number of rotatable bonds is 3. The number of nitrogens with two attached hydrogens (primary N) is 1. The van der Waals surface area contributed by atoms with Gasteiger partial charge in [0.2, 0.25) is 5.91 Å². The second-order valence-electron chi connectivity index (χ2n) is 4.70. The number of hydrogen-bond donors (Lipinski definition) is 3. The smallest absolute Gasteiger partial charge is 0.326 e. The summed E-state index contributed by atoms with van der Waals surface area (Å²) in [6, 6.07) is -1.12. The summed E-state index contributed by atoms with van der Waals surface area (Å²) in [5.41, 5.74) is 5.00. The van der Waals surface area contributed by atoms with Gasteiger partial charge in [-0.3, -0.25) is 4.79 Å². The standard InChI is InChI=1S/C7H13NO3.C5H10N2O2/c1-4(2)6(7(10)11)8-5(3)9;6-5(8)7-1-3-9-4-2-7/h4,6H,1-3H3,(H,8,9)(H,10,11);1-4H2,(H2,6,8). The van der Waals surface area contributed by atoms with Crippen LogP contribution in [0.15, 0.2) is 0 Å². The van der Waals surface area contributed by atoms with E-state index in [-0.39, 0.29) is 17.9 Å². The molecule has 20 heavy (non-hydrogen) atoms. The van der Waals surface area contributed by atoms with Crippen LogP contribution in [0.5, 0.6) is 0 Å². The Morgan fingerprint density at radius 2 is 1.75 bits per heavy atom. The molecule has 1 atom stereocenters. The van der Waals surface area contributed by atoms with E-state index in [2.05, 4.69) is 5.32 Å². The van der Waals surface area contributed by atoms with Crippen LogP contribution in [0, 0.1) is 5.92 Å². The van der Waals surface area contributed by atoms with Crippen LogP contribution in [0.1, 0.15) is 20.8 Å². The van der Waals surface area contributed by atoms with E-state index < -0.39 is 12.0 Å². The lowest BCUT2D eigenvalue weighted by atomic mass is 10.1. The molecule has 1 rings (SSSR count). The van der Waals surface area contributed by atoms with Gasteiger partial charge in [-0.1, -0.05) is 13.8 Å².